The predicted molar refractivity (Wildman–Crippen MR) is 257 cm³/mol. The molecule has 2 heterocycles. The van der Waals surface area contributed by atoms with Crippen LogP contribution in [0.2, 0.25) is 0 Å². The van der Waals surface area contributed by atoms with Crippen LogP contribution in [0.3, 0.4) is 0 Å². The maximum absolute atomic E-state index is 14.2. The van der Waals surface area contributed by atoms with Crippen molar-refractivity contribution in [1.29, 1.82) is 0 Å². The molecule has 0 amide bonds. The second kappa shape index (κ2) is 23.2. The molecule has 0 radical (unpaired) electrons. The summed E-state index contributed by atoms with van der Waals surface area (Å²) in [5.74, 6) is -7.32. The minimum absolute atomic E-state index is 0.0208. The van der Waals surface area contributed by atoms with Crippen molar-refractivity contribution in [2.45, 2.75) is 70.7 Å². The first kappa shape index (κ1) is 54.8. The first-order chi connectivity index (χ1) is 36.7. The van der Waals surface area contributed by atoms with E-state index in [2.05, 4.69) is 9.97 Å². The molecule has 398 valence electrons. The van der Waals surface area contributed by atoms with E-state index < -0.39 is 95.7 Å². The second-order valence-electron chi connectivity index (χ2n) is 17.4. The van der Waals surface area contributed by atoms with E-state index in [9.17, 15) is 67.4 Å². The summed E-state index contributed by atoms with van der Waals surface area (Å²) in [7, 11) is 0. The highest BCUT2D eigenvalue weighted by Gasteiger charge is 2.34. The molecule has 77 heavy (non-hydrogen) atoms. The Bertz CT molecular complexity index is 3380. The summed E-state index contributed by atoms with van der Waals surface area (Å²) in [6, 6.07) is 24.4. The molecule has 0 spiro atoms. The van der Waals surface area contributed by atoms with Crippen LogP contribution in [-0.4, -0.2) is 27.0 Å². The number of esters is 1. The van der Waals surface area contributed by atoms with Crippen LogP contribution in [0.15, 0.2) is 127 Å². The minimum atomic E-state index is -4.68. The number of benzene rings is 5. The average molecular weight is 1080 g/mol. The Balaban J connectivity index is 0.000000209. The summed E-state index contributed by atoms with van der Waals surface area (Å²) in [6.45, 7) is -1.77. The fourth-order valence-corrected chi connectivity index (χ4v) is 8.74. The maximum Gasteiger partial charge on any atom is 0.416 e. The number of carbonyl (C=O) groups is 2. The number of alkyl halides is 6. The number of pyridine rings is 2. The van der Waals surface area contributed by atoms with Gasteiger partial charge in [-0.1, -0.05) is 30.3 Å². The molecule has 2 aromatic heterocycles. The van der Waals surface area contributed by atoms with Gasteiger partial charge in [0.25, 0.3) is 0 Å². The Kier molecular flexibility index (Phi) is 16.5. The lowest BCUT2D eigenvalue weighted by atomic mass is 9.96. The van der Waals surface area contributed by atoms with E-state index in [4.69, 9.17) is 14.2 Å². The smallest absolute Gasteiger partial charge is 0.416 e. The first-order valence-corrected chi connectivity index (χ1v) is 23.4. The van der Waals surface area contributed by atoms with E-state index in [-0.39, 0.29) is 50.8 Å². The summed E-state index contributed by atoms with van der Waals surface area (Å²) in [5.41, 5.74) is -0.428. The van der Waals surface area contributed by atoms with Crippen LogP contribution in [0.5, 0.6) is 11.5 Å². The Morgan fingerprint density at radius 2 is 0.805 bits per heavy atom. The Hall–Kier alpha value is -8.42. The van der Waals surface area contributed by atoms with Crippen LogP contribution in [0.4, 0.5) is 52.7 Å². The first-order valence-electron chi connectivity index (χ1n) is 23.4. The molecule has 0 bridgehead atoms. The highest BCUT2D eigenvalue weighted by atomic mass is 19.4. The van der Waals surface area contributed by atoms with E-state index in [1.54, 1.807) is 12.1 Å². The van der Waals surface area contributed by atoms with Crippen molar-refractivity contribution in [2.24, 2.45) is 0 Å². The van der Waals surface area contributed by atoms with Gasteiger partial charge >= 0.3 is 24.3 Å². The van der Waals surface area contributed by atoms with Gasteiger partial charge in [-0.3, -0.25) is 0 Å². The van der Waals surface area contributed by atoms with E-state index in [0.29, 0.717) is 66.5 Å². The molecule has 20 heteroatoms. The number of halogens is 12. The van der Waals surface area contributed by atoms with Crippen LogP contribution >= 0.6 is 0 Å². The summed E-state index contributed by atoms with van der Waals surface area (Å²) < 4.78 is 182. The number of ether oxygens (including phenoxy) is 3. The number of allylic oxidation sites excluding steroid dienone is 4. The lowest BCUT2D eigenvalue weighted by Gasteiger charge is -2.17. The van der Waals surface area contributed by atoms with Crippen LogP contribution in [-0.2, 0) is 36.9 Å². The van der Waals surface area contributed by atoms with E-state index in [1.165, 1.54) is 42.5 Å². The largest absolute Gasteiger partial charge is 0.488 e. The minimum Gasteiger partial charge on any atom is -0.488 e. The average Bonchev–Trinajstić information content (AvgIpc) is 4.12. The fraction of sp³-hybridized carbons (Fsp3) is 0.193. The molecule has 7 aromatic rings. The SMILES string of the molecule is O=C(O)c1cccc(C2=C(c3cc(C(F)(F)F)ccc3OCc3c(F)cccc3F)CCC2)n1.O=C(OCc1c(F)cccc1F)c1cccc(C2=C(c3cc(C(F)(F)F)ccc3OCc3c(F)cccc3F)CCC2)n1. The number of aromatic carboxylic acids is 1. The highest BCUT2D eigenvalue weighted by molar-refractivity contribution is 5.96. The molecule has 0 aliphatic heterocycles. The standard InChI is InChI=1S/C32H22F7NO3.C25H18F5NO3/c33-24-7-2-8-25(34)22(24)16-42-30-14-13-18(32(37,38)39)15-21(30)19-5-1-6-20(19)28-11-4-12-29(40-28)31(41)43-17-23-26(35)9-3-10-27(23)36;26-19-6-2-7-20(27)18(19)13-34-23-11-10-14(25(28,29)30)12-17(23)15-4-1-5-16(15)21-8-3-9-22(31-21)24(32)33/h2-4,7-15H,1,5-6,16-17H2;2-3,6-12H,1,4-5,13H2,(H,32,33). The number of carboxylic acid groups (broad SMARTS) is 1. The molecular formula is C57H40F12N2O6. The molecule has 0 saturated carbocycles. The number of carbonyl (C=O) groups excluding carboxylic acids is 1. The monoisotopic (exact) mass is 1080 g/mol. The van der Waals surface area contributed by atoms with Gasteiger partial charge in [0.05, 0.1) is 39.2 Å². The van der Waals surface area contributed by atoms with Crippen molar-refractivity contribution in [3.05, 3.63) is 224 Å². The third-order valence-corrected chi connectivity index (χ3v) is 12.5. The third-order valence-electron chi connectivity index (χ3n) is 12.5. The summed E-state index contributed by atoms with van der Waals surface area (Å²) in [5, 5.41) is 9.24. The van der Waals surface area contributed by atoms with Crippen molar-refractivity contribution >= 4 is 34.2 Å². The molecule has 2 aliphatic carbocycles. The van der Waals surface area contributed by atoms with Gasteiger partial charge in [0.2, 0.25) is 0 Å². The number of nitrogens with zero attached hydrogens (tertiary/aromatic N) is 2. The highest BCUT2D eigenvalue weighted by Crippen LogP contribution is 2.46. The Labute approximate surface area is 430 Å². The van der Waals surface area contributed by atoms with Crippen molar-refractivity contribution in [3.63, 3.8) is 0 Å². The molecule has 0 atom stereocenters. The van der Waals surface area contributed by atoms with E-state index >= 15 is 0 Å². The van der Waals surface area contributed by atoms with Gasteiger partial charge in [0, 0.05) is 11.1 Å². The predicted octanol–water partition coefficient (Wildman–Crippen LogP) is 15.4. The molecule has 2 aliphatic rings. The topological polar surface area (TPSA) is 108 Å². The maximum atomic E-state index is 14.2. The number of aromatic nitrogens is 2. The molecule has 0 fully saturated rings. The van der Waals surface area contributed by atoms with Gasteiger partial charge in [0.15, 0.2) is 0 Å². The lowest BCUT2D eigenvalue weighted by molar-refractivity contribution is -0.138. The van der Waals surface area contributed by atoms with Crippen molar-refractivity contribution < 1.29 is 81.6 Å². The fourth-order valence-electron chi connectivity index (χ4n) is 8.74. The summed E-state index contributed by atoms with van der Waals surface area (Å²) >= 11 is 0. The molecule has 5 aromatic carbocycles. The van der Waals surface area contributed by atoms with Gasteiger partial charge in [-0.25, -0.2) is 45.9 Å². The molecule has 9 rings (SSSR count). The van der Waals surface area contributed by atoms with Gasteiger partial charge in [-0.15, -0.1) is 0 Å². The molecular weight excluding hydrogens is 1040 g/mol. The lowest BCUT2D eigenvalue weighted by Crippen LogP contribution is -2.10. The number of hydrogen-bond donors (Lipinski definition) is 1. The zero-order chi connectivity index (χ0) is 55.2. The Morgan fingerprint density at radius 3 is 1.19 bits per heavy atom. The molecule has 0 unspecified atom stereocenters. The van der Waals surface area contributed by atoms with Gasteiger partial charge in [-0.05, 0) is 158 Å². The van der Waals surface area contributed by atoms with Crippen molar-refractivity contribution in [3.8, 4) is 11.5 Å². The van der Waals surface area contributed by atoms with Crippen LogP contribution in [0, 0.1) is 34.9 Å². The molecule has 0 saturated heterocycles. The third kappa shape index (κ3) is 12.8. The van der Waals surface area contributed by atoms with Crippen molar-refractivity contribution in [1.82, 2.24) is 9.97 Å². The van der Waals surface area contributed by atoms with Crippen LogP contribution in [0.1, 0.15) is 110 Å². The summed E-state index contributed by atoms with van der Waals surface area (Å²) in [4.78, 5) is 32.5. The van der Waals surface area contributed by atoms with E-state index in [1.807, 2.05) is 0 Å². The number of carboxylic acids is 1. The summed E-state index contributed by atoms with van der Waals surface area (Å²) in [6.07, 6.45) is -6.52. The van der Waals surface area contributed by atoms with Crippen LogP contribution in [0.25, 0.3) is 22.3 Å². The van der Waals surface area contributed by atoms with Crippen LogP contribution < -0.4 is 9.47 Å². The Morgan fingerprint density at radius 1 is 0.455 bits per heavy atom. The number of hydrogen-bond acceptors (Lipinski definition) is 7. The second-order valence-corrected chi connectivity index (χ2v) is 17.4. The molecule has 8 nitrogen and oxygen atoms in total. The molecule has 1 N–H and O–H groups in total. The van der Waals surface area contributed by atoms with Gasteiger partial charge in [-0.2, -0.15) is 26.3 Å². The van der Waals surface area contributed by atoms with Gasteiger partial charge in [0.1, 0.15) is 77.6 Å². The van der Waals surface area contributed by atoms with Gasteiger partial charge < -0.3 is 19.3 Å². The zero-order valence-corrected chi connectivity index (χ0v) is 39.9. The zero-order valence-electron chi connectivity index (χ0n) is 39.9. The normalized spacial score (nSPS) is 13.6. The van der Waals surface area contributed by atoms with Crippen molar-refractivity contribution in [2.75, 3.05) is 0 Å². The number of rotatable bonds is 14. The van der Waals surface area contributed by atoms with E-state index in [0.717, 1.165) is 72.8 Å². The quantitative estimate of drug-likeness (QED) is 0.0848.